The summed E-state index contributed by atoms with van der Waals surface area (Å²) in [6, 6.07) is 17.6. The van der Waals surface area contributed by atoms with Crippen LogP contribution in [0.1, 0.15) is 5.56 Å². The van der Waals surface area contributed by atoms with Crippen LogP contribution in [-0.4, -0.2) is 24.3 Å². The second-order valence-electron chi connectivity index (χ2n) is 5.34. The van der Waals surface area contributed by atoms with E-state index in [4.69, 9.17) is 12.2 Å². The number of thioether (sulfide) groups is 1. The molecular formula is C18H16N2OS2. The average Bonchev–Trinajstić information content (AvgIpc) is 2.82. The van der Waals surface area contributed by atoms with Crippen molar-refractivity contribution >= 4 is 51.7 Å². The van der Waals surface area contributed by atoms with Crippen molar-refractivity contribution in [2.75, 3.05) is 23.9 Å². The summed E-state index contributed by atoms with van der Waals surface area (Å²) in [4.78, 5) is 16.9. The summed E-state index contributed by atoms with van der Waals surface area (Å²) in [6.45, 7) is 0. The van der Waals surface area contributed by atoms with Gasteiger partial charge in [-0.05, 0) is 35.9 Å². The Bertz CT molecular complexity index is 785. The largest absolute Gasteiger partial charge is 0.378 e. The van der Waals surface area contributed by atoms with Gasteiger partial charge in [-0.2, -0.15) is 0 Å². The molecular weight excluding hydrogens is 324 g/mol. The predicted molar refractivity (Wildman–Crippen MR) is 103 cm³/mol. The van der Waals surface area contributed by atoms with Crippen LogP contribution in [0, 0.1) is 0 Å². The lowest BCUT2D eigenvalue weighted by atomic mass is 10.1. The summed E-state index contributed by atoms with van der Waals surface area (Å²) >= 11 is 6.72. The third-order valence-electron chi connectivity index (χ3n) is 3.49. The van der Waals surface area contributed by atoms with Crippen molar-refractivity contribution < 1.29 is 4.79 Å². The van der Waals surface area contributed by atoms with Crippen LogP contribution in [0.3, 0.4) is 0 Å². The Hall–Kier alpha value is -2.11. The van der Waals surface area contributed by atoms with E-state index in [2.05, 4.69) is 6.07 Å². The molecule has 0 spiro atoms. The predicted octanol–water partition coefficient (Wildman–Crippen LogP) is 4.16. The first-order chi connectivity index (χ1) is 11.1. The smallest absolute Gasteiger partial charge is 0.270 e. The molecule has 1 fully saturated rings. The number of benzene rings is 2. The second-order valence-corrected chi connectivity index (χ2v) is 7.02. The second kappa shape index (κ2) is 6.56. The van der Waals surface area contributed by atoms with Crippen LogP contribution in [0.15, 0.2) is 59.5 Å². The number of amides is 1. The number of carbonyl (C=O) groups excluding carboxylic acids is 1. The van der Waals surface area contributed by atoms with Crippen LogP contribution >= 0.6 is 24.0 Å². The minimum Gasteiger partial charge on any atom is -0.378 e. The van der Waals surface area contributed by atoms with Crippen LogP contribution in [0.2, 0.25) is 0 Å². The Labute approximate surface area is 145 Å². The number of carbonyl (C=O) groups is 1. The molecule has 0 bridgehead atoms. The van der Waals surface area contributed by atoms with Gasteiger partial charge < -0.3 is 4.90 Å². The number of para-hydroxylation sites is 1. The van der Waals surface area contributed by atoms with Gasteiger partial charge in [-0.3, -0.25) is 9.69 Å². The van der Waals surface area contributed by atoms with Crippen molar-refractivity contribution in [2.24, 2.45) is 0 Å². The molecule has 3 rings (SSSR count). The van der Waals surface area contributed by atoms with Crippen molar-refractivity contribution in [2.45, 2.75) is 0 Å². The molecule has 0 saturated carbocycles. The van der Waals surface area contributed by atoms with E-state index in [9.17, 15) is 4.79 Å². The zero-order chi connectivity index (χ0) is 16.4. The molecule has 23 heavy (non-hydrogen) atoms. The summed E-state index contributed by atoms with van der Waals surface area (Å²) in [5.41, 5.74) is 2.89. The third kappa shape index (κ3) is 3.30. The van der Waals surface area contributed by atoms with Crippen molar-refractivity contribution in [3.05, 3.63) is 65.1 Å². The van der Waals surface area contributed by atoms with Gasteiger partial charge in [0.05, 0.1) is 10.6 Å². The summed E-state index contributed by atoms with van der Waals surface area (Å²) in [6.07, 6.45) is 1.90. The van der Waals surface area contributed by atoms with Gasteiger partial charge in [0.1, 0.15) is 0 Å². The molecule has 2 aromatic rings. The number of hydrogen-bond acceptors (Lipinski definition) is 4. The van der Waals surface area contributed by atoms with Crippen LogP contribution in [0.25, 0.3) is 6.08 Å². The maximum atomic E-state index is 12.7. The molecule has 0 aromatic heterocycles. The summed E-state index contributed by atoms with van der Waals surface area (Å²) < 4.78 is 0.566. The van der Waals surface area contributed by atoms with E-state index in [0.717, 1.165) is 16.9 Å². The topological polar surface area (TPSA) is 23.6 Å². The van der Waals surface area contributed by atoms with Crippen molar-refractivity contribution in [3.8, 4) is 0 Å². The molecule has 2 aromatic carbocycles. The lowest BCUT2D eigenvalue weighted by molar-refractivity contribution is -0.113. The zero-order valence-corrected chi connectivity index (χ0v) is 14.5. The van der Waals surface area contributed by atoms with E-state index >= 15 is 0 Å². The van der Waals surface area contributed by atoms with Crippen LogP contribution < -0.4 is 9.80 Å². The quantitative estimate of drug-likeness (QED) is 0.618. The Kier molecular flexibility index (Phi) is 4.50. The highest BCUT2D eigenvalue weighted by molar-refractivity contribution is 8.27. The van der Waals surface area contributed by atoms with Gasteiger partial charge in [-0.15, -0.1) is 0 Å². The lowest BCUT2D eigenvalue weighted by Crippen LogP contribution is -2.27. The standard InChI is InChI=1S/C18H16N2OS2/c1-19(2)15-10-6-7-13(11-15)12-16-17(21)20(18(22)23-16)14-8-4-3-5-9-14/h3-12H,1-2H3/b16-12-. The van der Waals surface area contributed by atoms with Gasteiger partial charge in [0, 0.05) is 19.8 Å². The molecule has 3 nitrogen and oxygen atoms in total. The lowest BCUT2D eigenvalue weighted by Gasteiger charge is -2.14. The molecule has 1 amide bonds. The Morgan fingerprint density at radius 1 is 1.09 bits per heavy atom. The fourth-order valence-electron chi connectivity index (χ4n) is 2.31. The van der Waals surface area contributed by atoms with E-state index in [1.807, 2.05) is 73.6 Å². The monoisotopic (exact) mass is 340 g/mol. The van der Waals surface area contributed by atoms with Gasteiger partial charge in [-0.1, -0.05) is 54.3 Å². The first-order valence-electron chi connectivity index (χ1n) is 7.16. The first kappa shape index (κ1) is 15.8. The van der Waals surface area contributed by atoms with Crippen LogP contribution in [-0.2, 0) is 4.79 Å². The summed E-state index contributed by atoms with van der Waals surface area (Å²) in [5.74, 6) is -0.0681. The normalized spacial score (nSPS) is 16.3. The van der Waals surface area contributed by atoms with E-state index < -0.39 is 0 Å². The third-order valence-corrected chi connectivity index (χ3v) is 4.79. The first-order valence-corrected chi connectivity index (χ1v) is 8.39. The van der Waals surface area contributed by atoms with Crippen molar-refractivity contribution in [1.29, 1.82) is 0 Å². The maximum Gasteiger partial charge on any atom is 0.270 e. The maximum absolute atomic E-state index is 12.7. The van der Waals surface area contributed by atoms with Crippen LogP contribution in [0.5, 0.6) is 0 Å². The zero-order valence-electron chi connectivity index (χ0n) is 12.9. The highest BCUT2D eigenvalue weighted by Gasteiger charge is 2.33. The number of thiocarbonyl (C=S) groups is 1. The Morgan fingerprint density at radius 3 is 2.52 bits per heavy atom. The van der Waals surface area contributed by atoms with Gasteiger partial charge >= 0.3 is 0 Å². The van der Waals surface area contributed by atoms with Crippen molar-refractivity contribution in [3.63, 3.8) is 0 Å². The fourth-order valence-corrected chi connectivity index (χ4v) is 3.61. The summed E-state index contributed by atoms with van der Waals surface area (Å²) in [5, 5.41) is 0. The number of hydrogen-bond donors (Lipinski definition) is 0. The Balaban J connectivity index is 1.92. The number of nitrogens with zero attached hydrogens (tertiary/aromatic N) is 2. The molecule has 0 aliphatic carbocycles. The highest BCUT2D eigenvalue weighted by Crippen LogP contribution is 2.36. The fraction of sp³-hybridized carbons (Fsp3) is 0.111. The number of anilines is 2. The molecule has 1 aliphatic heterocycles. The molecule has 1 saturated heterocycles. The van der Waals surface area contributed by atoms with Crippen molar-refractivity contribution in [1.82, 2.24) is 0 Å². The molecule has 5 heteroatoms. The van der Waals surface area contributed by atoms with Gasteiger partial charge in [0.2, 0.25) is 0 Å². The average molecular weight is 340 g/mol. The van der Waals surface area contributed by atoms with Gasteiger partial charge in [-0.25, -0.2) is 0 Å². The molecule has 0 radical (unpaired) electrons. The SMILES string of the molecule is CN(C)c1cccc(/C=C2\SC(=S)N(c3ccccc3)C2=O)c1. The van der Waals surface area contributed by atoms with E-state index in [0.29, 0.717) is 9.23 Å². The molecule has 0 N–H and O–H groups in total. The van der Waals surface area contributed by atoms with E-state index in [-0.39, 0.29) is 5.91 Å². The van der Waals surface area contributed by atoms with E-state index in [1.165, 1.54) is 11.8 Å². The van der Waals surface area contributed by atoms with Gasteiger partial charge in [0.15, 0.2) is 4.32 Å². The number of rotatable bonds is 3. The minimum absolute atomic E-state index is 0.0681. The Morgan fingerprint density at radius 2 is 1.83 bits per heavy atom. The minimum atomic E-state index is -0.0681. The molecule has 0 unspecified atom stereocenters. The van der Waals surface area contributed by atoms with Crippen LogP contribution in [0.4, 0.5) is 11.4 Å². The molecule has 1 aliphatic rings. The van der Waals surface area contributed by atoms with E-state index in [1.54, 1.807) is 4.90 Å². The highest BCUT2D eigenvalue weighted by atomic mass is 32.2. The van der Waals surface area contributed by atoms with Gasteiger partial charge in [0.25, 0.3) is 5.91 Å². The molecule has 116 valence electrons. The molecule has 0 atom stereocenters. The molecule has 1 heterocycles. The summed E-state index contributed by atoms with van der Waals surface area (Å²) in [7, 11) is 3.99.